The monoisotopic (exact) mass is 312 g/mol. The number of nitro groups is 1. The number of hydrogen-bond donors (Lipinski definition) is 1. The molecule has 8 nitrogen and oxygen atoms in total. The Hall–Kier alpha value is -2.35. The number of alkyl halides is 1. The molecule has 0 unspecified atom stereocenters. The fourth-order valence-corrected chi connectivity index (χ4v) is 1.81. The number of nitro benzene ring substituents is 1. The molecule has 1 aliphatic rings. The number of halogens is 1. The molecule has 21 heavy (non-hydrogen) atoms. The topological polar surface area (TPSA) is 97.1 Å². The minimum absolute atomic E-state index is 0.0335. The molecule has 1 N–H and O–H groups in total. The second kappa shape index (κ2) is 5.57. The molecule has 0 spiro atoms. The average molecular weight is 313 g/mol. The lowest BCUT2D eigenvalue weighted by molar-refractivity contribution is -0.384. The Morgan fingerprint density at radius 1 is 1.48 bits per heavy atom. The first-order chi connectivity index (χ1) is 9.85. The molecule has 0 aliphatic carbocycles. The van der Waals surface area contributed by atoms with Crippen molar-refractivity contribution in [1.82, 2.24) is 10.4 Å². The number of rotatable bonds is 4. The molecule has 0 radical (unpaired) electrons. The average Bonchev–Trinajstić information content (AvgIpc) is 2.74. The summed E-state index contributed by atoms with van der Waals surface area (Å²) in [5, 5.41) is 16.0. The summed E-state index contributed by atoms with van der Waals surface area (Å²) in [7, 11) is 0. The van der Waals surface area contributed by atoms with E-state index in [9.17, 15) is 14.9 Å². The van der Waals surface area contributed by atoms with Gasteiger partial charge in [-0.15, -0.1) is 11.6 Å². The highest BCUT2D eigenvalue weighted by molar-refractivity contribution is 6.27. The molecule has 1 aliphatic heterocycles. The molecule has 0 fully saturated rings. The lowest BCUT2D eigenvalue weighted by atomic mass is 10.1. The van der Waals surface area contributed by atoms with Crippen molar-refractivity contribution < 1.29 is 14.6 Å². The van der Waals surface area contributed by atoms with E-state index in [1.807, 2.05) is 0 Å². The van der Waals surface area contributed by atoms with Gasteiger partial charge in [0.05, 0.1) is 4.92 Å². The Balaban J connectivity index is 2.28. The predicted molar refractivity (Wildman–Crippen MR) is 75.5 cm³/mol. The van der Waals surface area contributed by atoms with Crippen molar-refractivity contribution in [2.75, 3.05) is 5.88 Å². The minimum atomic E-state index is -0.890. The molecule has 1 amide bonds. The summed E-state index contributed by atoms with van der Waals surface area (Å²) in [5.74, 6) is -0.279. The molecule has 1 heterocycles. The SMILES string of the molecule is CC1(C)ON=C(c2ccc([N+](=O)[O-])cc2)N1NC(=O)CCl. The number of amides is 1. The van der Waals surface area contributed by atoms with Crippen LogP contribution in [0.2, 0.25) is 0 Å². The maximum Gasteiger partial charge on any atom is 0.269 e. The zero-order valence-corrected chi connectivity index (χ0v) is 12.1. The van der Waals surface area contributed by atoms with Crippen LogP contribution in [0.1, 0.15) is 19.4 Å². The zero-order chi connectivity index (χ0) is 15.6. The van der Waals surface area contributed by atoms with Gasteiger partial charge in [0.25, 0.3) is 11.6 Å². The van der Waals surface area contributed by atoms with Gasteiger partial charge in [0.1, 0.15) is 5.88 Å². The number of benzene rings is 1. The zero-order valence-electron chi connectivity index (χ0n) is 11.4. The molecule has 0 bridgehead atoms. The van der Waals surface area contributed by atoms with Gasteiger partial charge in [0, 0.05) is 17.7 Å². The largest absolute Gasteiger partial charge is 0.364 e. The van der Waals surface area contributed by atoms with Gasteiger partial charge >= 0.3 is 0 Å². The number of carbonyl (C=O) groups is 1. The van der Waals surface area contributed by atoms with Gasteiger partial charge in [0.2, 0.25) is 5.72 Å². The second-order valence-corrected chi connectivity index (χ2v) is 5.03. The van der Waals surface area contributed by atoms with Crippen LogP contribution in [0.25, 0.3) is 0 Å². The van der Waals surface area contributed by atoms with E-state index in [0.29, 0.717) is 11.4 Å². The van der Waals surface area contributed by atoms with Crippen LogP contribution in [0.5, 0.6) is 0 Å². The van der Waals surface area contributed by atoms with Gasteiger partial charge in [-0.3, -0.25) is 20.3 Å². The summed E-state index contributed by atoms with van der Waals surface area (Å²) < 4.78 is 0. The Kier molecular flexibility index (Phi) is 3.99. The van der Waals surface area contributed by atoms with E-state index in [2.05, 4.69) is 10.6 Å². The summed E-state index contributed by atoms with van der Waals surface area (Å²) >= 11 is 5.48. The van der Waals surface area contributed by atoms with Crippen LogP contribution in [0.4, 0.5) is 5.69 Å². The van der Waals surface area contributed by atoms with E-state index >= 15 is 0 Å². The Morgan fingerprint density at radius 3 is 2.62 bits per heavy atom. The van der Waals surface area contributed by atoms with Crippen molar-refractivity contribution in [2.24, 2.45) is 5.16 Å². The number of amidine groups is 1. The number of oxime groups is 1. The molecular weight excluding hydrogens is 300 g/mol. The molecule has 0 aromatic heterocycles. The van der Waals surface area contributed by atoms with Crippen molar-refractivity contribution in [1.29, 1.82) is 0 Å². The molecule has 0 saturated carbocycles. The molecule has 0 atom stereocenters. The van der Waals surface area contributed by atoms with Crippen LogP contribution in [0, 0.1) is 10.1 Å². The minimum Gasteiger partial charge on any atom is -0.364 e. The van der Waals surface area contributed by atoms with E-state index in [0.717, 1.165) is 0 Å². The Bertz CT molecular complexity index is 600. The maximum absolute atomic E-state index is 11.5. The molecule has 0 saturated heterocycles. The maximum atomic E-state index is 11.5. The van der Waals surface area contributed by atoms with Crippen LogP contribution >= 0.6 is 11.6 Å². The third-order valence-electron chi connectivity index (χ3n) is 2.80. The number of non-ortho nitro benzene ring substituents is 1. The summed E-state index contributed by atoms with van der Waals surface area (Å²) in [6.07, 6.45) is 0. The number of carbonyl (C=O) groups excluding carboxylic acids is 1. The lowest BCUT2D eigenvalue weighted by Crippen LogP contribution is -2.55. The number of hydrazine groups is 1. The summed E-state index contributed by atoms with van der Waals surface area (Å²) in [6, 6.07) is 5.76. The lowest BCUT2D eigenvalue weighted by Gasteiger charge is -2.30. The third-order valence-corrected chi connectivity index (χ3v) is 3.04. The van der Waals surface area contributed by atoms with Gasteiger partial charge in [-0.1, -0.05) is 5.16 Å². The highest BCUT2D eigenvalue weighted by Gasteiger charge is 2.39. The summed E-state index contributed by atoms with van der Waals surface area (Å²) in [6.45, 7) is 3.42. The number of hydrogen-bond acceptors (Lipinski definition) is 6. The predicted octanol–water partition coefficient (Wildman–Crippen LogP) is 1.59. The highest BCUT2D eigenvalue weighted by atomic mass is 35.5. The van der Waals surface area contributed by atoms with Gasteiger partial charge in [-0.05, 0) is 26.0 Å². The molecule has 2 rings (SSSR count). The second-order valence-electron chi connectivity index (χ2n) is 4.76. The fraction of sp³-hybridized carbons (Fsp3) is 0.333. The molecule has 9 heteroatoms. The first-order valence-corrected chi connectivity index (χ1v) is 6.55. The summed E-state index contributed by atoms with van der Waals surface area (Å²) in [5.41, 5.74) is 2.22. The smallest absolute Gasteiger partial charge is 0.269 e. The van der Waals surface area contributed by atoms with Crippen molar-refractivity contribution in [3.63, 3.8) is 0 Å². The first-order valence-electron chi connectivity index (χ1n) is 6.02. The standard InChI is InChI=1S/C12H13ClN4O4/c1-12(2)16(14-10(18)7-13)11(15-21-12)8-3-5-9(6-4-8)17(19)20/h3-6H,7H2,1-2H3,(H,14,18). The van der Waals surface area contributed by atoms with E-state index in [4.69, 9.17) is 16.4 Å². The van der Waals surface area contributed by atoms with Crippen LogP contribution in [-0.4, -0.2) is 33.3 Å². The van der Waals surface area contributed by atoms with Crippen molar-refractivity contribution >= 4 is 29.0 Å². The van der Waals surface area contributed by atoms with Gasteiger partial charge in [-0.25, -0.2) is 5.01 Å². The Labute approximate surface area is 125 Å². The van der Waals surface area contributed by atoms with Crippen molar-refractivity contribution in [3.8, 4) is 0 Å². The van der Waals surface area contributed by atoms with E-state index in [-0.39, 0.29) is 11.6 Å². The van der Waals surface area contributed by atoms with E-state index in [1.54, 1.807) is 13.8 Å². The molecule has 1 aromatic carbocycles. The molecule has 1 aromatic rings. The van der Waals surface area contributed by atoms with E-state index < -0.39 is 16.6 Å². The summed E-state index contributed by atoms with van der Waals surface area (Å²) in [4.78, 5) is 26.9. The molecule has 112 valence electrons. The highest BCUT2D eigenvalue weighted by Crippen LogP contribution is 2.25. The van der Waals surface area contributed by atoms with Crippen LogP contribution < -0.4 is 5.43 Å². The third kappa shape index (κ3) is 3.05. The van der Waals surface area contributed by atoms with E-state index in [1.165, 1.54) is 29.3 Å². The van der Waals surface area contributed by atoms with Gasteiger partial charge < -0.3 is 4.84 Å². The van der Waals surface area contributed by atoms with Crippen LogP contribution in [-0.2, 0) is 9.63 Å². The van der Waals surface area contributed by atoms with Crippen LogP contribution in [0.3, 0.4) is 0 Å². The van der Waals surface area contributed by atoms with Crippen molar-refractivity contribution in [2.45, 2.75) is 19.6 Å². The Morgan fingerprint density at radius 2 is 2.10 bits per heavy atom. The quantitative estimate of drug-likeness (QED) is 0.517. The van der Waals surface area contributed by atoms with Crippen LogP contribution in [0.15, 0.2) is 29.4 Å². The van der Waals surface area contributed by atoms with Gasteiger partial charge in [0.15, 0.2) is 5.84 Å². The fourth-order valence-electron chi connectivity index (χ4n) is 1.75. The first kappa shape index (κ1) is 15.0. The molecular formula is C12H13ClN4O4. The van der Waals surface area contributed by atoms with Gasteiger partial charge in [-0.2, -0.15) is 0 Å². The normalized spacial score (nSPS) is 16.1. The number of nitrogens with one attached hydrogen (secondary N) is 1. The van der Waals surface area contributed by atoms with Crippen molar-refractivity contribution in [3.05, 3.63) is 39.9 Å². The number of nitrogens with zero attached hydrogens (tertiary/aromatic N) is 3.